The van der Waals surface area contributed by atoms with E-state index in [9.17, 15) is 4.79 Å². The van der Waals surface area contributed by atoms with Crippen molar-refractivity contribution < 1.29 is 14.3 Å². The number of hydrogen-bond donors (Lipinski definition) is 0. The largest absolute Gasteiger partial charge is 0.496 e. The quantitative estimate of drug-likeness (QED) is 0.726. The molecule has 2 atom stereocenters. The van der Waals surface area contributed by atoms with Gasteiger partial charge in [0.1, 0.15) is 5.75 Å². The Balaban J connectivity index is 2.95. The molecule has 1 aromatic rings. The predicted molar refractivity (Wildman–Crippen MR) is 71.8 cm³/mol. The number of para-hydroxylation sites is 1. The number of esters is 1. The van der Waals surface area contributed by atoms with E-state index in [0.29, 0.717) is 6.61 Å². The van der Waals surface area contributed by atoms with Gasteiger partial charge < -0.3 is 9.47 Å². The van der Waals surface area contributed by atoms with Crippen molar-refractivity contribution >= 4 is 5.97 Å². The Labute approximate surface area is 109 Å². The molecule has 0 amide bonds. The zero-order valence-electron chi connectivity index (χ0n) is 11.6. The minimum absolute atomic E-state index is 0.0881. The Hall–Kier alpha value is -1.51. The van der Waals surface area contributed by atoms with Crippen LogP contribution in [-0.4, -0.2) is 19.7 Å². The Morgan fingerprint density at radius 1 is 1.28 bits per heavy atom. The zero-order valence-corrected chi connectivity index (χ0v) is 11.6. The van der Waals surface area contributed by atoms with Gasteiger partial charge in [0, 0.05) is 0 Å². The van der Waals surface area contributed by atoms with Crippen LogP contribution in [0.3, 0.4) is 0 Å². The fourth-order valence-corrected chi connectivity index (χ4v) is 2.23. The molecule has 100 valence electrons. The highest BCUT2D eigenvalue weighted by atomic mass is 16.5. The minimum atomic E-state index is -0.126. The first-order valence-electron chi connectivity index (χ1n) is 6.45. The standard InChI is InChI=1S/C15H22O3/c1-5-12(15(16)18-6-2)11(3)13-9-7-8-10-14(13)17-4/h7-12H,5-6H2,1-4H3. The number of ether oxygens (including phenoxy) is 2. The lowest BCUT2D eigenvalue weighted by Gasteiger charge is -2.23. The maximum Gasteiger partial charge on any atom is 0.309 e. The molecule has 0 N–H and O–H groups in total. The normalized spacial score (nSPS) is 13.8. The average molecular weight is 250 g/mol. The maximum absolute atomic E-state index is 11.9. The first-order chi connectivity index (χ1) is 8.65. The van der Waals surface area contributed by atoms with E-state index < -0.39 is 0 Å². The average Bonchev–Trinajstić information content (AvgIpc) is 2.39. The molecule has 0 aromatic heterocycles. The lowest BCUT2D eigenvalue weighted by Crippen LogP contribution is -2.22. The Morgan fingerprint density at radius 2 is 1.94 bits per heavy atom. The summed E-state index contributed by atoms with van der Waals surface area (Å²) in [4.78, 5) is 11.9. The molecule has 0 fully saturated rings. The number of carbonyl (C=O) groups is 1. The summed E-state index contributed by atoms with van der Waals surface area (Å²) in [6.07, 6.45) is 0.762. The highest BCUT2D eigenvalue weighted by molar-refractivity contribution is 5.73. The van der Waals surface area contributed by atoms with E-state index in [0.717, 1.165) is 17.7 Å². The van der Waals surface area contributed by atoms with Crippen LogP contribution in [0.2, 0.25) is 0 Å². The third-order valence-corrected chi connectivity index (χ3v) is 3.26. The fraction of sp³-hybridized carbons (Fsp3) is 0.533. The van der Waals surface area contributed by atoms with Gasteiger partial charge in [0.25, 0.3) is 0 Å². The first kappa shape index (κ1) is 14.6. The molecule has 1 aromatic carbocycles. The topological polar surface area (TPSA) is 35.5 Å². The molecule has 3 heteroatoms. The molecule has 0 aliphatic heterocycles. The van der Waals surface area contributed by atoms with Crippen molar-refractivity contribution in [2.75, 3.05) is 13.7 Å². The second-order valence-electron chi connectivity index (χ2n) is 4.30. The van der Waals surface area contributed by atoms with Crippen molar-refractivity contribution in [2.24, 2.45) is 5.92 Å². The van der Waals surface area contributed by atoms with Crippen LogP contribution in [0.15, 0.2) is 24.3 Å². The summed E-state index contributed by atoms with van der Waals surface area (Å²) in [5, 5.41) is 0. The molecule has 1 rings (SSSR count). The van der Waals surface area contributed by atoms with E-state index in [2.05, 4.69) is 0 Å². The lowest BCUT2D eigenvalue weighted by atomic mass is 9.85. The number of hydrogen-bond acceptors (Lipinski definition) is 3. The summed E-state index contributed by atoms with van der Waals surface area (Å²) in [6, 6.07) is 7.82. The van der Waals surface area contributed by atoms with E-state index in [1.54, 1.807) is 7.11 Å². The van der Waals surface area contributed by atoms with Gasteiger partial charge in [-0.1, -0.05) is 32.0 Å². The van der Waals surface area contributed by atoms with Crippen molar-refractivity contribution in [3.05, 3.63) is 29.8 Å². The van der Waals surface area contributed by atoms with E-state index in [1.807, 2.05) is 45.0 Å². The molecule has 0 saturated carbocycles. The van der Waals surface area contributed by atoms with Gasteiger partial charge in [0.05, 0.1) is 19.6 Å². The molecule has 0 aliphatic carbocycles. The first-order valence-corrected chi connectivity index (χ1v) is 6.45. The molecule has 0 saturated heterocycles. The van der Waals surface area contributed by atoms with Gasteiger partial charge in [0.15, 0.2) is 0 Å². The number of methoxy groups -OCH3 is 1. The van der Waals surface area contributed by atoms with Gasteiger partial charge in [-0.15, -0.1) is 0 Å². The summed E-state index contributed by atoms with van der Waals surface area (Å²) < 4.78 is 10.5. The minimum Gasteiger partial charge on any atom is -0.496 e. The van der Waals surface area contributed by atoms with E-state index in [4.69, 9.17) is 9.47 Å². The van der Waals surface area contributed by atoms with E-state index in [-0.39, 0.29) is 17.8 Å². The van der Waals surface area contributed by atoms with Crippen molar-refractivity contribution in [1.82, 2.24) is 0 Å². The predicted octanol–water partition coefficient (Wildman–Crippen LogP) is 3.39. The lowest BCUT2D eigenvalue weighted by molar-refractivity contribution is -0.148. The van der Waals surface area contributed by atoms with Crippen LogP contribution in [0.1, 0.15) is 38.7 Å². The van der Waals surface area contributed by atoms with Crippen LogP contribution in [0.25, 0.3) is 0 Å². The zero-order chi connectivity index (χ0) is 13.5. The van der Waals surface area contributed by atoms with Crippen LogP contribution < -0.4 is 4.74 Å². The molecule has 18 heavy (non-hydrogen) atoms. The number of rotatable bonds is 6. The van der Waals surface area contributed by atoms with Crippen LogP contribution in [0.4, 0.5) is 0 Å². The van der Waals surface area contributed by atoms with E-state index in [1.165, 1.54) is 0 Å². The highest BCUT2D eigenvalue weighted by Gasteiger charge is 2.27. The van der Waals surface area contributed by atoms with Crippen molar-refractivity contribution in [1.29, 1.82) is 0 Å². The van der Waals surface area contributed by atoms with Gasteiger partial charge in [-0.2, -0.15) is 0 Å². The van der Waals surface area contributed by atoms with Crippen LogP contribution in [0, 0.1) is 5.92 Å². The maximum atomic E-state index is 11.9. The number of carbonyl (C=O) groups excluding carboxylic acids is 1. The second-order valence-corrected chi connectivity index (χ2v) is 4.30. The molecule has 0 bridgehead atoms. The van der Waals surface area contributed by atoms with Crippen LogP contribution in [0.5, 0.6) is 5.75 Å². The smallest absolute Gasteiger partial charge is 0.309 e. The van der Waals surface area contributed by atoms with Gasteiger partial charge in [-0.05, 0) is 30.9 Å². The van der Waals surface area contributed by atoms with Gasteiger partial charge in [-0.25, -0.2) is 0 Å². The third-order valence-electron chi connectivity index (χ3n) is 3.26. The SMILES string of the molecule is CCOC(=O)C(CC)C(C)c1ccccc1OC. The van der Waals surface area contributed by atoms with Gasteiger partial charge in [-0.3, -0.25) is 4.79 Å². The van der Waals surface area contributed by atoms with Crippen LogP contribution >= 0.6 is 0 Å². The monoisotopic (exact) mass is 250 g/mol. The van der Waals surface area contributed by atoms with Crippen molar-refractivity contribution in [3.63, 3.8) is 0 Å². The summed E-state index contributed by atoms with van der Waals surface area (Å²) in [7, 11) is 1.65. The molecule has 0 spiro atoms. The molecule has 0 heterocycles. The summed E-state index contributed by atoms with van der Waals surface area (Å²) in [5.74, 6) is 0.664. The van der Waals surface area contributed by atoms with Gasteiger partial charge in [0.2, 0.25) is 0 Å². The third kappa shape index (κ3) is 3.25. The molecule has 0 aliphatic rings. The Morgan fingerprint density at radius 3 is 2.50 bits per heavy atom. The fourth-order valence-electron chi connectivity index (χ4n) is 2.23. The Bertz CT molecular complexity index is 387. The van der Waals surface area contributed by atoms with Crippen molar-refractivity contribution in [2.45, 2.75) is 33.1 Å². The Kier molecular flexibility index (Phi) is 5.69. The summed E-state index contributed by atoms with van der Waals surface area (Å²) in [6.45, 7) is 6.31. The summed E-state index contributed by atoms with van der Waals surface area (Å²) >= 11 is 0. The molecule has 3 nitrogen and oxygen atoms in total. The second kappa shape index (κ2) is 7.04. The molecular formula is C15H22O3. The highest BCUT2D eigenvalue weighted by Crippen LogP contribution is 2.33. The molecule has 2 unspecified atom stereocenters. The molecule has 0 radical (unpaired) electrons. The van der Waals surface area contributed by atoms with Gasteiger partial charge >= 0.3 is 5.97 Å². The molecular weight excluding hydrogens is 228 g/mol. The van der Waals surface area contributed by atoms with Crippen LogP contribution in [-0.2, 0) is 9.53 Å². The number of benzene rings is 1. The van der Waals surface area contributed by atoms with Crippen molar-refractivity contribution in [3.8, 4) is 5.75 Å². The van der Waals surface area contributed by atoms with E-state index >= 15 is 0 Å². The summed E-state index contributed by atoms with van der Waals surface area (Å²) in [5.41, 5.74) is 1.06.